The lowest BCUT2D eigenvalue weighted by atomic mass is 10.2. The van der Waals surface area contributed by atoms with Crippen LogP contribution in [0.2, 0.25) is 5.02 Å². The van der Waals surface area contributed by atoms with E-state index >= 15 is 0 Å². The molecule has 6 heteroatoms. The first kappa shape index (κ1) is 14.8. The molecule has 4 nitrogen and oxygen atoms in total. The number of sulfonamides is 1. The van der Waals surface area contributed by atoms with Crippen molar-refractivity contribution in [3.8, 4) is 0 Å². The van der Waals surface area contributed by atoms with Crippen molar-refractivity contribution in [3.63, 3.8) is 0 Å². The fourth-order valence-electron chi connectivity index (χ4n) is 2.52. The van der Waals surface area contributed by atoms with E-state index in [1.54, 1.807) is 16.4 Å². The van der Waals surface area contributed by atoms with Crippen molar-refractivity contribution in [2.75, 3.05) is 6.54 Å². The lowest BCUT2D eigenvalue weighted by Crippen LogP contribution is -2.35. The Morgan fingerprint density at radius 2 is 2.21 bits per heavy atom. The van der Waals surface area contributed by atoms with Crippen LogP contribution in [0.25, 0.3) is 0 Å². The van der Waals surface area contributed by atoms with Gasteiger partial charge < -0.3 is 5.73 Å². The molecule has 0 spiro atoms. The number of rotatable bonds is 4. The highest BCUT2D eigenvalue weighted by atomic mass is 35.5. The van der Waals surface area contributed by atoms with E-state index in [0.717, 1.165) is 24.8 Å². The third kappa shape index (κ3) is 2.79. The molecule has 106 valence electrons. The molecule has 1 aromatic carbocycles. The van der Waals surface area contributed by atoms with Crippen LogP contribution in [0.1, 0.15) is 31.7 Å². The second kappa shape index (κ2) is 5.79. The summed E-state index contributed by atoms with van der Waals surface area (Å²) in [5.41, 5.74) is 6.29. The van der Waals surface area contributed by atoms with Crippen LogP contribution >= 0.6 is 11.6 Å². The minimum atomic E-state index is -3.44. The Kier molecular flexibility index (Phi) is 4.50. The number of hydrogen-bond acceptors (Lipinski definition) is 3. The van der Waals surface area contributed by atoms with Gasteiger partial charge in [0, 0.05) is 24.2 Å². The monoisotopic (exact) mass is 302 g/mol. The molecule has 1 unspecified atom stereocenters. The van der Waals surface area contributed by atoms with Gasteiger partial charge in [-0.1, -0.05) is 24.6 Å². The molecule has 0 radical (unpaired) electrons. The zero-order chi connectivity index (χ0) is 14.0. The summed E-state index contributed by atoms with van der Waals surface area (Å²) < 4.78 is 26.8. The zero-order valence-electron chi connectivity index (χ0n) is 11.0. The van der Waals surface area contributed by atoms with Crippen LogP contribution in [-0.2, 0) is 16.6 Å². The molecule has 1 atom stereocenters. The van der Waals surface area contributed by atoms with Crippen LogP contribution in [0.3, 0.4) is 0 Å². The van der Waals surface area contributed by atoms with Gasteiger partial charge in [-0.15, -0.1) is 0 Å². The molecule has 0 bridgehead atoms. The van der Waals surface area contributed by atoms with Crippen molar-refractivity contribution in [2.24, 2.45) is 5.73 Å². The van der Waals surface area contributed by atoms with Gasteiger partial charge in [-0.3, -0.25) is 0 Å². The van der Waals surface area contributed by atoms with Gasteiger partial charge in [0.1, 0.15) is 0 Å². The maximum atomic E-state index is 12.6. The molecule has 2 N–H and O–H groups in total. The summed E-state index contributed by atoms with van der Waals surface area (Å²) in [6.45, 7) is 2.92. The van der Waals surface area contributed by atoms with Crippen molar-refractivity contribution >= 4 is 21.6 Å². The Bertz CT molecular complexity index is 560. The second-order valence-electron chi connectivity index (χ2n) is 4.78. The van der Waals surface area contributed by atoms with E-state index in [4.69, 9.17) is 17.3 Å². The molecule has 0 aromatic heterocycles. The first-order valence-corrected chi connectivity index (χ1v) is 8.32. The van der Waals surface area contributed by atoms with Crippen LogP contribution in [0.5, 0.6) is 0 Å². The molecule has 1 saturated heterocycles. The lowest BCUT2D eigenvalue weighted by Gasteiger charge is -2.23. The molecule has 1 aromatic rings. The Morgan fingerprint density at radius 1 is 1.47 bits per heavy atom. The summed E-state index contributed by atoms with van der Waals surface area (Å²) in [6.07, 6.45) is 2.70. The molecule has 1 heterocycles. The summed E-state index contributed by atoms with van der Waals surface area (Å²) in [5, 5.41) is 0.413. The lowest BCUT2D eigenvalue weighted by molar-refractivity contribution is 0.379. The first-order valence-electron chi connectivity index (χ1n) is 6.51. The molecule has 1 aliphatic heterocycles. The molecular formula is C13H19ClN2O2S. The third-order valence-electron chi connectivity index (χ3n) is 3.65. The summed E-state index contributed by atoms with van der Waals surface area (Å²) in [6, 6.07) is 4.89. The molecule has 1 aliphatic rings. The number of nitrogens with two attached hydrogens (primary N) is 1. The quantitative estimate of drug-likeness (QED) is 0.928. The molecule has 0 aliphatic carbocycles. The molecule has 1 fully saturated rings. The van der Waals surface area contributed by atoms with Gasteiger partial charge in [-0.25, -0.2) is 8.42 Å². The SMILES string of the molecule is CCC1CCCN1S(=O)(=O)c1ccc(CN)c(Cl)c1. The summed E-state index contributed by atoms with van der Waals surface area (Å²) >= 11 is 6.05. The highest BCUT2D eigenvalue weighted by Crippen LogP contribution is 2.29. The normalized spacial score (nSPS) is 20.9. The Morgan fingerprint density at radius 3 is 2.79 bits per heavy atom. The van der Waals surface area contributed by atoms with Crippen LogP contribution in [0, 0.1) is 0 Å². The Labute approximate surface area is 119 Å². The molecule has 0 saturated carbocycles. The summed E-state index contributed by atoms with van der Waals surface area (Å²) in [5.74, 6) is 0. The van der Waals surface area contributed by atoms with Crippen LogP contribution in [0.15, 0.2) is 23.1 Å². The van der Waals surface area contributed by atoms with Crippen molar-refractivity contribution in [2.45, 2.75) is 43.7 Å². The highest BCUT2D eigenvalue weighted by molar-refractivity contribution is 7.89. The predicted octanol–water partition coefficient (Wildman–Crippen LogP) is 2.36. The van der Waals surface area contributed by atoms with Gasteiger partial charge in [0.25, 0.3) is 0 Å². The highest BCUT2D eigenvalue weighted by Gasteiger charge is 2.34. The predicted molar refractivity (Wildman–Crippen MR) is 76.5 cm³/mol. The largest absolute Gasteiger partial charge is 0.326 e. The fraction of sp³-hybridized carbons (Fsp3) is 0.538. The maximum Gasteiger partial charge on any atom is 0.243 e. The van der Waals surface area contributed by atoms with Crippen molar-refractivity contribution in [3.05, 3.63) is 28.8 Å². The van der Waals surface area contributed by atoms with E-state index in [9.17, 15) is 8.42 Å². The van der Waals surface area contributed by atoms with E-state index in [2.05, 4.69) is 0 Å². The standard InChI is InChI=1S/C13H19ClN2O2S/c1-2-11-4-3-7-16(11)19(17,18)12-6-5-10(9-15)13(14)8-12/h5-6,8,11H,2-4,7,9,15H2,1H3. The summed E-state index contributed by atoms with van der Waals surface area (Å²) in [4.78, 5) is 0.259. The Balaban J connectivity index is 2.37. The van der Waals surface area contributed by atoms with E-state index < -0.39 is 10.0 Å². The minimum absolute atomic E-state index is 0.109. The number of nitrogens with zero attached hydrogens (tertiary/aromatic N) is 1. The zero-order valence-corrected chi connectivity index (χ0v) is 12.5. The van der Waals surface area contributed by atoms with E-state index in [1.165, 1.54) is 6.07 Å². The number of hydrogen-bond donors (Lipinski definition) is 1. The second-order valence-corrected chi connectivity index (χ2v) is 7.08. The minimum Gasteiger partial charge on any atom is -0.326 e. The van der Waals surface area contributed by atoms with E-state index in [1.807, 2.05) is 6.92 Å². The number of halogens is 1. The fourth-order valence-corrected chi connectivity index (χ4v) is 4.64. The van der Waals surface area contributed by atoms with Gasteiger partial charge in [0.15, 0.2) is 0 Å². The van der Waals surface area contributed by atoms with Gasteiger partial charge in [0.2, 0.25) is 10.0 Å². The van der Waals surface area contributed by atoms with Crippen LogP contribution in [-0.4, -0.2) is 25.3 Å². The molecular weight excluding hydrogens is 284 g/mol. The van der Waals surface area contributed by atoms with Crippen molar-refractivity contribution in [1.82, 2.24) is 4.31 Å². The van der Waals surface area contributed by atoms with E-state index in [0.29, 0.717) is 18.1 Å². The topological polar surface area (TPSA) is 63.4 Å². The van der Waals surface area contributed by atoms with Gasteiger partial charge in [-0.05, 0) is 37.0 Å². The molecule has 2 rings (SSSR count). The van der Waals surface area contributed by atoms with Crippen molar-refractivity contribution in [1.29, 1.82) is 0 Å². The van der Waals surface area contributed by atoms with Crippen LogP contribution in [0.4, 0.5) is 0 Å². The smallest absolute Gasteiger partial charge is 0.243 e. The van der Waals surface area contributed by atoms with Crippen molar-refractivity contribution < 1.29 is 8.42 Å². The number of benzene rings is 1. The average Bonchev–Trinajstić information content (AvgIpc) is 2.87. The Hall–Kier alpha value is -0.620. The third-order valence-corrected chi connectivity index (χ3v) is 5.95. The van der Waals surface area contributed by atoms with Gasteiger partial charge in [-0.2, -0.15) is 4.31 Å². The van der Waals surface area contributed by atoms with E-state index in [-0.39, 0.29) is 10.9 Å². The van der Waals surface area contributed by atoms with Gasteiger partial charge in [0.05, 0.1) is 4.90 Å². The van der Waals surface area contributed by atoms with Crippen LogP contribution < -0.4 is 5.73 Å². The van der Waals surface area contributed by atoms with Gasteiger partial charge >= 0.3 is 0 Å². The molecule has 0 amide bonds. The molecule has 19 heavy (non-hydrogen) atoms. The maximum absolute atomic E-state index is 12.6. The first-order chi connectivity index (χ1) is 9.00. The average molecular weight is 303 g/mol. The summed E-state index contributed by atoms with van der Waals surface area (Å²) in [7, 11) is -3.44.